The zero-order valence-electron chi connectivity index (χ0n) is 16.8. The predicted molar refractivity (Wildman–Crippen MR) is 105 cm³/mol. The highest BCUT2D eigenvalue weighted by Crippen LogP contribution is 2.36. The van der Waals surface area contributed by atoms with Crippen LogP contribution in [0, 0.1) is 12.8 Å². The van der Waals surface area contributed by atoms with Gasteiger partial charge in [-0.2, -0.15) is 0 Å². The van der Waals surface area contributed by atoms with Crippen LogP contribution in [-0.4, -0.2) is 29.7 Å². The van der Waals surface area contributed by atoms with E-state index in [9.17, 15) is 4.79 Å². The molecular formula is C21H34N2O3. The van der Waals surface area contributed by atoms with Crippen molar-refractivity contribution in [1.82, 2.24) is 4.98 Å². The molecule has 0 radical (unpaired) electrons. The third-order valence-electron chi connectivity index (χ3n) is 4.98. The molecule has 0 bridgehead atoms. The summed E-state index contributed by atoms with van der Waals surface area (Å²) in [6.45, 7) is 9.64. The number of carbonyl (C=O) groups is 1. The molecule has 5 nitrogen and oxygen atoms in total. The fourth-order valence-corrected chi connectivity index (χ4v) is 3.54. The first-order chi connectivity index (χ1) is 12.5. The van der Waals surface area contributed by atoms with E-state index in [1.807, 2.05) is 13.0 Å². The van der Waals surface area contributed by atoms with Crippen LogP contribution in [0.4, 0.5) is 5.69 Å². The molecule has 26 heavy (non-hydrogen) atoms. The van der Waals surface area contributed by atoms with Crippen molar-refractivity contribution in [2.45, 2.75) is 78.2 Å². The Hall–Kier alpha value is -1.62. The standard InChI is InChI=1S/C21H34N2O3/c1-5-7-12-25-19-17(4)13-18(15-22-19)23-20(24)21(26-11-6-2)10-8-9-16(3)14-21/h13,15-16H,5-12,14H2,1-4H3,(H,23,24)/t16-,21-/m1/s1. The van der Waals surface area contributed by atoms with Crippen LogP contribution >= 0.6 is 0 Å². The van der Waals surface area contributed by atoms with E-state index in [0.717, 1.165) is 50.5 Å². The fraction of sp³-hybridized carbons (Fsp3) is 0.714. The number of ether oxygens (including phenoxy) is 2. The summed E-state index contributed by atoms with van der Waals surface area (Å²) in [5, 5.41) is 3.04. The van der Waals surface area contributed by atoms with Crippen molar-refractivity contribution in [3.8, 4) is 5.88 Å². The lowest BCUT2D eigenvalue weighted by molar-refractivity contribution is -0.148. The molecule has 1 aliphatic rings. The number of aromatic nitrogens is 1. The Morgan fingerprint density at radius 3 is 2.81 bits per heavy atom. The third kappa shape index (κ3) is 5.44. The van der Waals surface area contributed by atoms with Crippen LogP contribution in [0.1, 0.15) is 71.3 Å². The first-order valence-electron chi connectivity index (χ1n) is 10.1. The number of nitrogens with one attached hydrogen (secondary N) is 1. The maximum atomic E-state index is 13.1. The van der Waals surface area contributed by atoms with Gasteiger partial charge in [0.2, 0.25) is 5.88 Å². The van der Waals surface area contributed by atoms with Crippen molar-refractivity contribution in [2.24, 2.45) is 5.92 Å². The number of anilines is 1. The third-order valence-corrected chi connectivity index (χ3v) is 4.98. The van der Waals surface area contributed by atoms with Crippen LogP contribution in [0.25, 0.3) is 0 Å². The Bertz CT molecular complexity index is 591. The van der Waals surface area contributed by atoms with E-state index in [4.69, 9.17) is 9.47 Å². The molecule has 0 unspecified atom stereocenters. The van der Waals surface area contributed by atoms with Crippen LogP contribution in [0.15, 0.2) is 12.3 Å². The van der Waals surface area contributed by atoms with Crippen LogP contribution in [0.5, 0.6) is 5.88 Å². The molecule has 1 amide bonds. The molecule has 1 aromatic heterocycles. The smallest absolute Gasteiger partial charge is 0.256 e. The van der Waals surface area contributed by atoms with E-state index in [1.165, 1.54) is 0 Å². The van der Waals surface area contributed by atoms with Crippen LogP contribution < -0.4 is 10.1 Å². The molecule has 2 atom stereocenters. The van der Waals surface area contributed by atoms with Gasteiger partial charge in [0.05, 0.1) is 18.5 Å². The number of carbonyl (C=O) groups excluding carboxylic acids is 1. The highest BCUT2D eigenvalue weighted by Gasteiger charge is 2.42. The summed E-state index contributed by atoms with van der Waals surface area (Å²) < 4.78 is 11.8. The average Bonchev–Trinajstić information content (AvgIpc) is 2.62. The molecule has 146 valence electrons. The first-order valence-corrected chi connectivity index (χ1v) is 10.1. The van der Waals surface area contributed by atoms with Gasteiger partial charge in [0.1, 0.15) is 5.60 Å². The minimum absolute atomic E-state index is 0.0432. The molecule has 1 saturated carbocycles. The Morgan fingerprint density at radius 2 is 2.15 bits per heavy atom. The van der Waals surface area contributed by atoms with Crippen molar-refractivity contribution in [3.63, 3.8) is 0 Å². The Balaban J connectivity index is 2.07. The van der Waals surface area contributed by atoms with E-state index < -0.39 is 5.60 Å². The van der Waals surface area contributed by atoms with Gasteiger partial charge in [0.15, 0.2) is 0 Å². The van der Waals surface area contributed by atoms with Gasteiger partial charge in [-0.1, -0.05) is 33.6 Å². The second kappa shape index (κ2) is 9.91. The van der Waals surface area contributed by atoms with Gasteiger partial charge in [-0.3, -0.25) is 4.79 Å². The van der Waals surface area contributed by atoms with Crippen molar-refractivity contribution >= 4 is 11.6 Å². The van der Waals surface area contributed by atoms with Gasteiger partial charge < -0.3 is 14.8 Å². The molecule has 1 aromatic rings. The molecular weight excluding hydrogens is 328 g/mol. The van der Waals surface area contributed by atoms with Crippen molar-refractivity contribution in [2.75, 3.05) is 18.5 Å². The van der Waals surface area contributed by atoms with E-state index in [0.29, 0.717) is 30.7 Å². The summed E-state index contributed by atoms with van der Waals surface area (Å²) in [5.74, 6) is 1.10. The molecule has 0 saturated heterocycles. The number of rotatable bonds is 9. The van der Waals surface area contributed by atoms with Crippen molar-refractivity contribution < 1.29 is 14.3 Å². The van der Waals surface area contributed by atoms with Crippen LogP contribution in [0.3, 0.4) is 0 Å². The molecule has 1 fully saturated rings. The maximum absolute atomic E-state index is 13.1. The number of aryl methyl sites for hydroxylation is 1. The minimum atomic E-state index is -0.710. The fourth-order valence-electron chi connectivity index (χ4n) is 3.54. The van der Waals surface area contributed by atoms with Gasteiger partial charge in [0, 0.05) is 12.2 Å². The van der Waals surface area contributed by atoms with Crippen LogP contribution in [-0.2, 0) is 9.53 Å². The molecule has 0 aromatic carbocycles. The average molecular weight is 363 g/mol. The molecule has 1 aliphatic carbocycles. The van der Waals surface area contributed by atoms with Gasteiger partial charge in [0.25, 0.3) is 5.91 Å². The molecule has 2 rings (SSSR count). The summed E-state index contributed by atoms with van der Waals surface area (Å²) in [5.41, 5.74) is 0.921. The molecule has 5 heteroatoms. The zero-order chi connectivity index (χ0) is 19.0. The zero-order valence-corrected chi connectivity index (χ0v) is 16.8. The largest absolute Gasteiger partial charge is 0.477 e. The minimum Gasteiger partial charge on any atom is -0.477 e. The highest BCUT2D eigenvalue weighted by molar-refractivity contribution is 5.97. The lowest BCUT2D eigenvalue weighted by Crippen LogP contribution is -2.48. The number of hydrogen-bond acceptors (Lipinski definition) is 4. The number of unbranched alkanes of at least 4 members (excludes halogenated alkanes) is 1. The Labute approximate surface area is 157 Å². The van der Waals surface area contributed by atoms with Gasteiger partial charge >= 0.3 is 0 Å². The monoisotopic (exact) mass is 362 g/mol. The summed E-state index contributed by atoms with van der Waals surface area (Å²) in [6, 6.07) is 1.92. The molecule has 1 N–H and O–H groups in total. The van der Waals surface area contributed by atoms with Crippen molar-refractivity contribution in [3.05, 3.63) is 17.8 Å². The highest BCUT2D eigenvalue weighted by atomic mass is 16.5. The quantitative estimate of drug-likeness (QED) is 0.636. The molecule has 0 spiro atoms. The SMILES string of the molecule is CCCCOc1ncc(NC(=O)[C@@]2(OCCC)CCC[C@@H](C)C2)cc1C. The topological polar surface area (TPSA) is 60.5 Å². The second-order valence-corrected chi connectivity index (χ2v) is 7.55. The lowest BCUT2D eigenvalue weighted by atomic mass is 9.78. The molecule has 1 heterocycles. The lowest BCUT2D eigenvalue weighted by Gasteiger charge is -2.38. The maximum Gasteiger partial charge on any atom is 0.256 e. The Kier molecular flexibility index (Phi) is 7.88. The van der Waals surface area contributed by atoms with Gasteiger partial charge in [-0.15, -0.1) is 0 Å². The van der Waals surface area contributed by atoms with E-state index in [1.54, 1.807) is 6.20 Å². The molecule has 0 aliphatic heterocycles. The van der Waals surface area contributed by atoms with E-state index in [2.05, 4.69) is 31.1 Å². The summed E-state index contributed by atoms with van der Waals surface area (Å²) in [6.07, 6.45) is 8.44. The van der Waals surface area contributed by atoms with Gasteiger partial charge in [-0.25, -0.2) is 4.98 Å². The summed E-state index contributed by atoms with van der Waals surface area (Å²) >= 11 is 0. The first kappa shape index (κ1) is 20.7. The predicted octanol–water partition coefficient (Wildman–Crippen LogP) is 4.88. The number of nitrogens with zero attached hydrogens (tertiary/aromatic N) is 1. The number of hydrogen-bond donors (Lipinski definition) is 1. The normalized spacial score (nSPS) is 22.8. The Morgan fingerprint density at radius 1 is 1.35 bits per heavy atom. The number of pyridine rings is 1. The van der Waals surface area contributed by atoms with Crippen molar-refractivity contribution in [1.29, 1.82) is 0 Å². The summed E-state index contributed by atoms with van der Waals surface area (Å²) in [7, 11) is 0. The second-order valence-electron chi connectivity index (χ2n) is 7.55. The summed E-state index contributed by atoms with van der Waals surface area (Å²) in [4.78, 5) is 17.4. The van der Waals surface area contributed by atoms with Crippen LogP contribution in [0.2, 0.25) is 0 Å². The van der Waals surface area contributed by atoms with E-state index >= 15 is 0 Å². The van der Waals surface area contributed by atoms with E-state index in [-0.39, 0.29) is 5.91 Å². The van der Waals surface area contributed by atoms with Gasteiger partial charge in [-0.05, 0) is 51.0 Å². The number of amides is 1.